The molecule has 0 spiro atoms. The molecule has 0 fully saturated rings. The van der Waals surface area contributed by atoms with Gasteiger partial charge in [0.15, 0.2) is 5.82 Å². The van der Waals surface area contributed by atoms with Crippen LogP contribution in [0.15, 0.2) is 79.4 Å². The molecule has 152 valence electrons. The average molecular weight is 406 g/mol. The van der Waals surface area contributed by atoms with E-state index in [1.165, 1.54) is 10.9 Å². The lowest BCUT2D eigenvalue weighted by Gasteiger charge is -2.10. The van der Waals surface area contributed by atoms with Gasteiger partial charge in [0, 0.05) is 53.9 Å². The Morgan fingerprint density at radius 3 is 2.74 bits per heavy atom. The minimum absolute atomic E-state index is 0.597. The first-order chi connectivity index (χ1) is 15.3. The number of nitrogens with one attached hydrogen (secondary N) is 2. The molecule has 0 aliphatic heterocycles. The first-order valence-electron chi connectivity index (χ1n) is 10.3. The standard InChI is InChI=1S/C25H22N6/c1-17-8-11-27-23(13-17)25-30-22(19-5-4-10-26-15-19)14-24(31-25)28-12-9-18-16-29-21-7-3-2-6-20(18)21/h2-8,10-11,13-16,29H,9,12H2,1H3,(H,28,30,31). The Labute approximate surface area is 180 Å². The summed E-state index contributed by atoms with van der Waals surface area (Å²) in [4.78, 5) is 21.5. The minimum atomic E-state index is 0.597. The molecule has 4 aromatic heterocycles. The summed E-state index contributed by atoms with van der Waals surface area (Å²) in [5, 5.41) is 4.73. The van der Waals surface area contributed by atoms with E-state index in [0.717, 1.165) is 46.8 Å². The van der Waals surface area contributed by atoms with Gasteiger partial charge in [-0.15, -0.1) is 0 Å². The molecule has 0 saturated carbocycles. The van der Waals surface area contributed by atoms with Crippen molar-refractivity contribution in [1.82, 2.24) is 24.9 Å². The first-order valence-corrected chi connectivity index (χ1v) is 10.3. The van der Waals surface area contributed by atoms with Crippen LogP contribution in [0.2, 0.25) is 0 Å². The second-order valence-corrected chi connectivity index (χ2v) is 7.46. The maximum absolute atomic E-state index is 4.76. The molecular formula is C25H22N6. The van der Waals surface area contributed by atoms with E-state index in [2.05, 4.69) is 44.7 Å². The lowest BCUT2D eigenvalue weighted by atomic mass is 10.1. The van der Waals surface area contributed by atoms with Gasteiger partial charge in [-0.2, -0.15) is 0 Å². The summed E-state index contributed by atoms with van der Waals surface area (Å²) in [6.07, 6.45) is 8.32. The molecule has 0 aliphatic rings. The third kappa shape index (κ3) is 4.14. The molecule has 0 amide bonds. The number of rotatable bonds is 6. The second-order valence-electron chi connectivity index (χ2n) is 7.46. The number of pyridine rings is 2. The van der Waals surface area contributed by atoms with Gasteiger partial charge in [-0.3, -0.25) is 9.97 Å². The quantitative estimate of drug-likeness (QED) is 0.413. The number of aromatic amines is 1. The number of aryl methyl sites for hydroxylation is 1. The van der Waals surface area contributed by atoms with E-state index in [9.17, 15) is 0 Å². The fourth-order valence-corrected chi connectivity index (χ4v) is 3.64. The predicted molar refractivity (Wildman–Crippen MR) is 124 cm³/mol. The summed E-state index contributed by atoms with van der Waals surface area (Å²) in [5.74, 6) is 1.37. The number of hydrogen-bond donors (Lipinski definition) is 2. The van der Waals surface area contributed by atoms with Crippen LogP contribution >= 0.6 is 0 Å². The Balaban J connectivity index is 1.43. The lowest BCUT2D eigenvalue weighted by Crippen LogP contribution is -2.08. The smallest absolute Gasteiger partial charge is 0.180 e. The normalized spacial score (nSPS) is 11.0. The molecule has 0 unspecified atom stereocenters. The van der Waals surface area contributed by atoms with Gasteiger partial charge in [-0.25, -0.2) is 9.97 Å². The molecular weight excluding hydrogens is 384 g/mol. The van der Waals surface area contributed by atoms with Crippen LogP contribution in [0.25, 0.3) is 33.7 Å². The van der Waals surface area contributed by atoms with Crippen LogP contribution in [0, 0.1) is 6.92 Å². The van der Waals surface area contributed by atoms with Crippen molar-refractivity contribution >= 4 is 16.7 Å². The van der Waals surface area contributed by atoms with Crippen LogP contribution in [0.5, 0.6) is 0 Å². The Hall–Kier alpha value is -4.06. The molecule has 0 radical (unpaired) electrons. The molecule has 0 atom stereocenters. The molecule has 4 heterocycles. The summed E-state index contributed by atoms with van der Waals surface area (Å²) < 4.78 is 0. The van der Waals surface area contributed by atoms with Crippen LogP contribution in [0.3, 0.4) is 0 Å². The lowest BCUT2D eigenvalue weighted by molar-refractivity contribution is 1.01. The van der Waals surface area contributed by atoms with Gasteiger partial charge in [0.2, 0.25) is 0 Å². The van der Waals surface area contributed by atoms with Gasteiger partial charge in [0.05, 0.1) is 5.69 Å². The number of anilines is 1. The zero-order valence-electron chi connectivity index (χ0n) is 17.2. The Bertz CT molecular complexity index is 1330. The average Bonchev–Trinajstić information content (AvgIpc) is 3.23. The van der Waals surface area contributed by atoms with Crippen LogP contribution in [-0.2, 0) is 6.42 Å². The third-order valence-electron chi connectivity index (χ3n) is 5.20. The zero-order valence-corrected chi connectivity index (χ0v) is 17.2. The highest BCUT2D eigenvalue weighted by molar-refractivity contribution is 5.83. The molecule has 0 bridgehead atoms. The van der Waals surface area contributed by atoms with Gasteiger partial charge in [-0.1, -0.05) is 18.2 Å². The van der Waals surface area contributed by atoms with E-state index < -0.39 is 0 Å². The first kappa shape index (κ1) is 18.9. The summed E-state index contributed by atoms with van der Waals surface area (Å²) in [6, 6.07) is 18.2. The Morgan fingerprint density at radius 2 is 1.87 bits per heavy atom. The Kier molecular flexibility index (Phi) is 5.10. The molecule has 0 aliphatic carbocycles. The zero-order chi connectivity index (χ0) is 21.0. The summed E-state index contributed by atoms with van der Waals surface area (Å²) in [7, 11) is 0. The van der Waals surface area contributed by atoms with Gasteiger partial charge < -0.3 is 10.3 Å². The highest BCUT2D eigenvalue weighted by Gasteiger charge is 2.11. The van der Waals surface area contributed by atoms with Gasteiger partial charge in [-0.05, 0) is 54.8 Å². The minimum Gasteiger partial charge on any atom is -0.370 e. The topological polar surface area (TPSA) is 79.4 Å². The second kappa shape index (κ2) is 8.36. The van der Waals surface area contributed by atoms with Crippen molar-refractivity contribution in [3.8, 4) is 22.8 Å². The number of aromatic nitrogens is 5. The number of H-pyrrole nitrogens is 1. The molecule has 6 heteroatoms. The van der Waals surface area contributed by atoms with E-state index >= 15 is 0 Å². The van der Waals surface area contributed by atoms with E-state index in [1.54, 1.807) is 12.4 Å². The Morgan fingerprint density at radius 1 is 0.935 bits per heavy atom. The number of fused-ring (bicyclic) bond motifs is 1. The monoisotopic (exact) mass is 406 g/mol. The van der Waals surface area contributed by atoms with Crippen molar-refractivity contribution in [2.75, 3.05) is 11.9 Å². The number of nitrogens with zero attached hydrogens (tertiary/aromatic N) is 4. The van der Waals surface area contributed by atoms with Crippen LogP contribution in [0.4, 0.5) is 5.82 Å². The number of para-hydroxylation sites is 1. The van der Waals surface area contributed by atoms with Crippen molar-refractivity contribution < 1.29 is 0 Å². The largest absolute Gasteiger partial charge is 0.370 e. The molecule has 1 aromatic carbocycles. The fraction of sp³-hybridized carbons (Fsp3) is 0.120. The molecule has 6 nitrogen and oxygen atoms in total. The van der Waals surface area contributed by atoms with Crippen LogP contribution in [0.1, 0.15) is 11.1 Å². The van der Waals surface area contributed by atoms with Crippen LogP contribution < -0.4 is 5.32 Å². The predicted octanol–water partition coefficient (Wildman–Crippen LogP) is 5.04. The van der Waals surface area contributed by atoms with Crippen molar-refractivity contribution in [3.63, 3.8) is 0 Å². The van der Waals surface area contributed by atoms with E-state index in [0.29, 0.717) is 5.82 Å². The van der Waals surface area contributed by atoms with Gasteiger partial charge in [0.25, 0.3) is 0 Å². The molecule has 5 aromatic rings. The van der Waals surface area contributed by atoms with E-state index in [4.69, 9.17) is 9.97 Å². The molecule has 5 rings (SSSR count). The number of benzene rings is 1. The van der Waals surface area contributed by atoms with Crippen molar-refractivity contribution in [1.29, 1.82) is 0 Å². The van der Waals surface area contributed by atoms with Crippen LogP contribution in [-0.4, -0.2) is 31.5 Å². The summed E-state index contributed by atoms with van der Waals surface area (Å²) in [5.41, 5.74) is 6.07. The van der Waals surface area contributed by atoms with E-state index in [1.807, 2.05) is 49.5 Å². The maximum atomic E-state index is 4.76. The molecule has 0 saturated heterocycles. The molecule has 2 N–H and O–H groups in total. The van der Waals surface area contributed by atoms with Crippen molar-refractivity contribution in [3.05, 3.63) is 90.5 Å². The fourth-order valence-electron chi connectivity index (χ4n) is 3.64. The van der Waals surface area contributed by atoms with Crippen molar-refractivity contribution in [2.24, 2.45) is 0 Å². The maximum Gasteiger partial charge on any atom is 0.180 e. The van der Waals surface area contributed by atoms with Crippen molar-refractivity contribution in [2.45, 2.75) is 13.3 Å². The van der Waals surface area contributed by atoms with Gasteiger partial charge >= 0.3 is 0 Å². The summed E-state index contributed by atoms with van der Waals surface area (Å²) in [6.45, 7) is 2.79. The molecule has 31 heavy (non-hydrogen) atoms. The van der Waals surface area contributed by atoms with E-state index in [-0.39, 0.29) is 0 Å². The SMILES string of the molecule is Cc1ccnc(-c2nc(NCCc3c[nH]c4ccccc34)cc(-c3cccnc3)n2)c1. The highest BCUT2D eigenvalue weighted by Crippen LogP contribution is 2.24. The summed E-state index contributed by atoms with van der Waals surface area (Å²) >= 11 is 0. The third-order valence-corrected chi connectivity index (χ3v) is 5.20. The highest BCUT2D eigenvalue weighted by atomic mass is 15.0. The number of hydrogen-bond acceptors (Lipinski definition) is 5. The van der Waals surface area contributed by atoms with Gasteiger partial charge in [0.1, 0.15) is 11.5 Å².